The quantitative estimate of drug-likeness (QED) is 0.0275. The Balaban J connectivity index is 1.44. The highest BCUT2D eigenvalue weighted by atomic mass is 79.9. The first-order chi connectivity index (χ1) is 23.2. The summed E-state index contributed by atoms with van der Waals surface area (Å²) in [6.07, 6.45) is 6.39. The summed E-state index contributed by atoms with van der Waals surface area (Å²) in [5.74, 6) is 1.84. The van der Waals surface area contributed by atoms with Crippen LogP contribution >= 0.6 is 31.9 Å². The Morgan fingerprint density at radius 2 is 1.35 bits per heavy atom. The van der Waals surface area contributed by atoms with E-state index in [9.17, 15) is 19.7 Å². The predicted molar refractivity (Wildman–Crippen MR) is 188 cm³/mol. The fourth-order valence-corrected chi connectivity index (χ4v) is 4.75. The smallest absolute Gasteiger partial charge is 0.338 e. The largest absolute Gasteiger partial charge is 0.491 e. The van der Waals surface area contributed by atoms with Crippen LogP contribution in [0, 0.1) is 22.5 Å². The molecule has 0 N–H and O–H groups in total. The zero-order valence-electron chi connectivity index (χ0n) is 25.6. The van der Waals surface area contributed by atoms with Crippen molar-refractivity contribution in [3.8, 4) is 18.1 Å². The number of nitro groups is 1. The molecule has 0 aliphatic carbocycles. The number of non-ortho nitro benzene ring substituents is 1. The van der Waals surface area contributed by atoms with Crippen molar-refractivity contribution in [2.75, 3.05) is 37.8 Å². The number of nitrogens with zero attached hydrogens (tertiary/aromatic N) is 4. The molecule has 0 aromatic heterocycles. The van der Waals surface area contributed by atoms with Crippen LogP contribution in [0.1, 0.15) is 33.6 Å². The molecule has 0 bridgehead atoms. The average Bonchev–Trinajstić information content (AvgIpc) is 3.09. The summed E-state index contributed by atoms with van der Waals surface area (Å²) in [7, 11) is 0. The molecule has 0 saturated carbocycles. The van der Waals surface area contributed by atoms with Crippen LogP contribution in [0.2, 0.25) is 0 Å². The molecule has 4 aromatic rings. The minimum atomic E-state index is -0.511. The van der Waals surface area contributed by atoms with Crippen molar-refractivity contribution >= 4 is 66.5 Å². The van der Waals surface area contributed by atoms with E-state index in [4.69, 9.17) is 20.6 Å². The first-order valence-electron chi connectivity index (χ1n) is 14.7. The maximum Gasteiger partial charge on any atom is 0.338 e. The normalized spacial score (nSPS) is 10.7. The molecule has 0 radical (unpaired) electrons. The van der Waals surface area contributed by atoms with Gasteiger partial charge >= 0.3 is 11.9 Å². The Morgan fingerprint density at radius 3 is 1.88 bits per heavy atom. The van der Waals surface area contributed by atoms with Gasteiger partial charge in [-0.25, -0.2) is 9.59 Å². The summed E-state index contributed by atoms with van der Waals surface area (Å²) in [5, 5.41) is 19.8. The number of terminal acetylenes is 1. The average molecular weight is 778 g/mol. The Kier molecular flexibility index (Phi) is 13.7. The van der Waals surface area contributed by atoms with E-state index in [1.165, 1.54) is 18.2 Å². The van der Waals surface area contributed by atoms with Crippen molar-refractivity contribution in [1.82, 2.24) is 0 Å². The van der Waals surface area contributed by atoms with E-state index < -0.39 is 16.9 Å². The van der Waals surface area contributed by atoms with Crippen LogP contribution in [0.25, 0.3) is 0 Å². The van der Waals surface area contributed by atoms with Gasteiger partial charge < -0.3 is 19.1 Å². The van der Waals surface area contributed by atoms with Gasteiger partial charge in [-0.1, -0.05) is 31.9 Å². The van der Waals surface area contributed by atoms with Crippen molar-refractivity contribution in [2.24, 2.45) is 10.2 Å². The third kappa shape index (κ3) is 11.0. The molecule has 48 heavy (non-hydrogen) atoms. The number of rotatable bonds is 16. The molecule has 0 fully saturated rings. The number of hydrogen-bond donors (Lipinski definition) is 0. The third-order valence-electron chi connectivity index (χ3n) is 6.71. The SMILES string of the molecule is C#CCCCOc1cc([N+](=O)[O-])ccc1N=Nc1ccc(N(CCOC(=O)c2ccc(Br)cc2)CCOC(=O)c2ccc(Br)cc2)cc1. The van der Waals surface area contributed by atoms with Crippen LogP contribution in [0.5, 0.6) is 5.75 Å². The Labute approximate surface area is 294 Å². The van der Waals surface area contributed by atoms with Crippen LogP contribution in [0.15, 0.2) is 110 Å². The fourth-order valence-electron chi connectivity index (χ4n) is 4.22. The van der Waals surface area contributed by atoms with Crippen LogP contribution in [0.3, 0.4) is 0 Å². The number of anilines is 1. The first kappa shape index (κ1) is 35.8. The van der Waals surface area contributed by atoms with Gasteiger partial charge in [-0.2, -0.15) is 5.11 Å². The van der Waals surface area contributed by atoms with Crippen LogP contribution in [-0.4, -0.2) is 49.8 Å². The Bertz CT molecular complexity index is 1710. The highest BCUT2D eigenvalue weighted by Crippen LogP contribution is 2.33. The summed E-state index contributed by atoms with van der Waals surface area (Å²) in [5.41, 5.74) is 2.33. The number of hydrogen-bond acceptors (Lipinski definition) is 10. The number of carbonyl (C=O) groups is 2. The van der Waals surface area contributed by atoms with Gasteiger partial charge in [0.15, 0.2) is 5.75 Å². The van der Waals surface area contributed by atoms with E-state index in [1.807, 2.05) is 17.0 Å². The lowest BCUT2D eigenvalue weighted by Gasteiger charge is -2.24. The summed E-state index contributed by atoms with van der Waals surface area (Å²) in [6.45, 7) is 1.09. The van der Waals surface area contributed by atoms with Gasteiger partial charge in [-0.05, 0) is 85.3 Å². The highest BCUT2D eigenvalue weighted by Gasteiger charge is 2.14. The van der Waals surface area contributed by atoms with Gasteiger partial charge in [0.2, 0.25) is 0 Å². The van der Waals surface area contributed by atoms with Crippen LogP contribution < -0.4 is 9.64 Å². The van der Waals surface area contributed by atoms with E-state index in [0.717, 1.165) is 14.6 Å². The Morgan fingerprint density at radius 1 is 0.792 bits per heavy atom. The lowest BCUT2D eigenvalue weighted by Crippen LogP contribution is -2.32. The zero-order chi connectivity index (χ0) is 34.3. The second-order valence-electron chi connectivity index (χ2n) is 10.1. The van der Waals surface area contributed by atoms with Crippen LogP contribution in [-0.2, 0) is 9.47 Å². The van der Waals surface area contributed by atoms with E-state index in [1.54, 1.807) is 60.7 Å². The Hall–Kier alpha value is -5.06. The van der Waals surface area contributed by atoms with Gasteiger partial charge in [-0.15, -0.1) is 17.5 Å². The molecule has 4 aromatic carbocycles. The number of nitro benzene ring substituents is 1. The van der Waals surface area contributed by atoms with E-state index >= 15 is 0 Å². The molecule has 0 aliphatic heterocycles. The summed E-state index contributed by atoms with van der Waals surface area (Å²) in [4.78, 5) is 37.8. The molecule has 0 spiro atoms. The van der Waals surface area contributed by atoms with Gasteiger partial charge in [0.25, 0.3) is 5.69 Å². The number of halogens is 2. The number of unbranched alkanes of at least 4 members (excludes halogenated alkanes) is 1. The van der Waals surface area contributed by atoms with Gasteiger partial charge in [0.05, 0.1) is 47.5 Å². The second-order valence-corrected chi connectivity index (χ2v) is 11.9. The molecule has 11 nitrogen and oxygen atoms in total. The second kappa shape index (κ2) is 18.3. The lowest BCUT2D eigenvalue weighted by molar-refractivity contribution is -0.384. The lowest BCUT2D eigenvalue weighted by atomic mass is 10.2. The topological polar surface area (TPSA) is 133 Å². The summed E-state index contributed by atoms with van der Waals surface area (Å²) in [6, 6.07) is 24.9. The third-order valence-corrected chi connectivity index (χ3v) is 7.77. The number of azo groups is 1. The van der Waals surface area contributed by atoms with Crippen molar-refractivity contribution in [1.29, 1.82) is 0 Å². The molecular weight excluding hydrogens is 748 g/mol. The maximum absolute atomic E-state index is 12.6. The van der Waals surface area contributed by atoms with Crippen molar-refractivity contribution in [2.45, 2.75) is 12.8 Å². The van der Waals surface area contributed by atoms with E-state index in [2.05, 4.69) is 48.0 Å². The summed E-state index contributed by atoms with van der Waals surface area (Å²) < 4.78 is 18.4. The van der Waals surface area contributed by atoms with E-state index in [-0.39, 0.29) is 31.3 Å². The van der Waals surface area contributed by atoms with Gasteiger partial charge in [-0.3, -0.25) is 10.1 Å². The standard InChI is InChI=1S/C35H30Br2N4O7/c1-2-3-4-21-46-33-24-31(41(44)45)17-18-32(33)39-38-29-13-15-30(16-14-29)40(19-22-47-34(42)25-5-9-27(36)10-6-25)20-23-48-35(43)26-7-11-28(37)12-8-26/h1,5-18,24H,3-4,19-23H2. The fraction of sp³-hybridized carbons (Fsp3) is 0.200. The highest BCUT2D eigenvalue weighted by molar-refractivity contribution is 9.10. The predicted octanol–water partition coefficient (Wildman–Crippen LogP) is 8.85. The molecule has 0 saturated heterocycles. The van der Waals surface area contributed by atoms with Crippen LogP contribution in [0.4, 0.5) is 22.7 Å². The molecule has 4 rings (SSSR count). The molecule has 0 unspecified atom stereocenters. The molecule has 0 heterocycles. The number of esters is 2. The minimum absolute atomic E-state index is 0.0846. The van der Waals surface area contributed by atoms with E-state index in [0.29, 0.717) is 48.4 Å². The van der Waals surface area contributed by atoms with Crippen molar-refractivity contribution in [3.63, 3.8) is 0 Å². The van der Waals surface area contributed by atoms with Crippen molar-refractivity contribution in [3.05, 3.63) is 121 Å². The minimum Gasteiger partial charge on any atom is -0.491 e. The van der Waals surface area contributed by atoms with Crippen molar-refractivity contribution < 1.29 is 28.7 Å². The first-order valence-corrected chi connectivity index (χ1v) is 16.3. The zero-order valence-corrected chi connectivity index (χ0v) is 28.8. The number of ether oxygens (including phenoxy) is 3. The number of benzene rings is 4. The number of carbonyl (C=O) groups excluding carboxylic acids is 2. The molecule has 0 amide bonds. The van der Waals surface area contributed by atoms with Gasteiger partial charge in [0.1, 0.15) is 18.9 Å². The molecule has 0 aliphatic rings. The molecule has 0 atom stereocenters. The molecule has 246 valence electrons. The molecule has 13 heteroatoms. The summed E-state index contributed by atoms with van der Waals surface area (Å²) >= 11 is 6.70. The monoisotopic (exact) mass is 776 g/mol. The van der Waals surface area contributed by atoms with Gasteiger partial charge in [0, 0.05) is 27.1 Å². The molecular formula is C35H30Br2N4O7. The maximum atomic E-state index is 12.6.